The van der Waals surface area contributed by atoms with Gasteiger partial charge >= 0.3 is 0 Å². The van der Waals surface area contributed by atoms with Gasteiger partial charge in [0.05, 0.1) is 11.0 Å². The number of carbonyl (C=O) groups excluding carboxylic acids is 1. The normalized spacial score (nSPS) is 23.8. The van der Waals surface area contributed by atoms with Crippen molar-refractivity contribution in [3.63, 3.8) is 0 Å². The van der Waals surface area contributed by atoms with Gasteiger partial charge in [0, 0.05) is 44.1 Å². The molecule has 2 atom stereocenters. The molecule has 1 aromatic heterocycles. The number of nitrogens with zero attached hydrogens (tertiary/aromatic N) is 4. The van der Waals surface area contributed by atoms with E-state index in [0.717, 1.165) is 44.5 Å². The van der Waals surface area contributed by atoms with Crippen molar-refractivity contribution >= 4 is 16.9 Å². The van der Waals surface area contributed by atoms with Gasteiger partial charge in [0.25, 0.3) is 0 Å². The first-order chi connectivity index (χ1) is 13.5. The minimum atomic E-state index is 0.335. The van der Waals surface area contributed by atoms with Crippen molar-refractivity contribution in [1.29, 1.82) is 0 Å². The first-order valence-corrected chi connectivity index (χ1v) is 11.0. The number of piperidine rings is 1. The molecule has 0 unspecified atom stereocenters. The van der Waals surface area contributed by atoms with Crippen LogP contribution in [0.3, 0.4) is 0 Å². The molecule has 0 radical (unpaired) electrons. The zero-order valence-corrected chi connectivity index (χ0v) is 17.6. The SMILES string of the molecule is CC(C)n1c([C@H]2CCCN(CCC(=O)N3CCC[C@@H]3C)C2)nc2ccccc21. The van der Waals surface area contributed by atoms with Gasteiger partial charge in [-0.25, -0.2) is 4.98 Å². The van der Waals surface area contributed by atoms with Gasteiger partial charge in [-0.2, -0.15) is 0 Å². The number of aromatic nitrogens is 2. The standard InChI is InChI=1S/C23H34N4O/c1-17(2)27-21-11-5-4-10-20(21)24-23(27)19-9-7-13-25(16-19)15-12-22(28)26-14-6-8-18(26)3/h4-5,10-11,17-19H,6-9,12-16H2,1-3H3/t18-,19-/m0/s1. The quantitative estimate of drug-likeness (QED) is 0.778. The van der Waals surface area contributed by atoms with Gasteiger partial charge in [-0.3, -0.25) is 4.79 Å². The van der Waals surface area contributed by atoms with E-state index < -0.39 is 0 Å². The molecule has 2 aliphatic rings. The average Bonchev–Trinajstić information content (AvgIpc) is 3.30. The van der Waals surface area contributed by atoms with Crippen LogP contribution in [0.5, 0.6) is 0 Å². The second kappa shape index (κ2) is 8.24. The van der Waals surface area contributed by atoms with E-state index in [9.17, 15) is 4.79 Å². The van der Waals surface area contributed by atoms with E-state index in [1.807, 2.05) is 0 Å². The molecule has 1 amide bonds. The molecule has 0 bridgehead atoms. The minimum absolute atomic E-state index is 0.335. The summed E-state index contributed by atoms with van der Waals surface area (Å²) in [5.41, 5.74) is 2.34. The highest BCUT2D eigenvalue weighted by molar-refractivity contribution is 5.77. The van der Waals surface area contributed by atoms with Crippen molar-refractivity contribution in [2.75, 3.05) is 26.2 Å². The van der Waals surface area contributed by atoms with Crippen LogP contribution in [0, 0.1) is 0 Å². The van der Waals surface area contributed by atoms with Crippen LogP contribution in [-0.4, -0.2) is 57.5 Å². The highest BCUT2D eigenvalue weighted by atomic mass is 16.2. The van der Waals surface area contributed by atoms with E-state index in [4.69, 9.17) is 4.98 Å². The van der Waals surface area contributed by atoms with Crippen LogP contribution in [0.25, 0.3) is 11.0 Å². The van der Waals surface area contributed by atoms with Gasteiger partial charge in [-0.15, -0.1) is 0 Å². The van der Waals surface area contributed by atoms with Crippen LogP contribution in [-0.2, 0) is 4.79 Å². The molecule has 4 rings (SSSR count). The third-order valence-electron chi connectivity index (χ3n) is 6.53. The summed E-state index contributed by atoms with van der Waals surface area (Å²) in [6, 6.07) is 9.30. The summed E-state index contributed by atoms with van der Waals surface area (Å²) in [7, 11) is 0. The predicted octanol–water partition coefficient (Wildman–Crippen LogP) is 4.20. The van der Waals surface area contributed by atoms with E-state index in [1.165, 1.54) is 24.2 Å². The Hall–Kier alpha value is -1.88. The molecule has 3 heterocycles. The molecule has 152 valence electrons. The van der Waals surface area contributed by atoms with E-state index >= 15 is 0 Å². The van der Waals surface area contributed by atoms with Crippen molar-refractivity contribution < 1.29 is 4.79 Å². The summed E-state index contributed by atoms with van der Waals surface area (Å²) in [6.07, 6.45) is 5.33. The summed E-state index contributed by atoms with van der Waals surface area (Å²) in [5, 5.41) is 0. The summed E-state index contributed by atoms with van der Waals surface area (Å²) in [5.74, 6) is 2.01. The molecule has 2 aliphatic heterocycles. The van der Waals surface area contributed by atoms with Gasteiger partial charge in [0.15, 0.2) is 0 Å². The van der Waals surface area contributed by atoms with Crippen molar-refractivity contribution in [2.24, 2.45) is 0 Å². The van der Waals surface area contributed by atoms with E-state index in [1.54, 1.807) is 0 Å². The van der Waals surface area contributed by atoms with Gasteiger partial charge in [-0.05, 0) is 65.1 Å². The van der Waals surface area contributed by atoms with E-state index in [-0.39, 0.29) is 0 Å². The zero-order chi connectivity index (χ0) is 19.7. The number of carbonyl (C=O) groups is 1. The lowest BCUT2D eigenvalue weighted by atomic mass is 9.96. The maximum absolute atomic E-state index is 12.6. The second-order valence-corrected chi connectivity index (χ2v) is 8.89. The third kappa shape index (κ3) is 3.82. The molecule has 2 saturated heterocycles. The Kier molecular flexibility index (Phi) is 5.72. The Labute approximate surface area is 168 Å². The molecule has 1 aromatic carbocycles. The average molecular weight is 383 g/mol. The Balaban J connectivity index is 1.45. The van der Waals surface area contributed by atoms with Gasteiger partial charge in [0.2, 0.25) is 5.91 Å². The van der Waals surface area contributed by atoms with Crippen LogP contribution in [0.1, 0.15) is 70.7 Å². The number of benzene rings is 1. The molecule has 5 nitrogen and oxygen atoms in total. The highest BCUT2D eigenvalue weighted by Gasteiger charge is 2.29. The van der Waals surface area contributed by atoms with Crippen molar-refractivity contribution in [3.8, 4) is 0 Å². The number of fused-ring (bicyclic) bond motifs is 1. The largest absolute Gasteiger partial charge is 0.340 e. The smallest absolute Gasteiger partial charge is 0.224 e. The number of hydrogen-bond donors (Lipinski definition) is 0. The third-order valence-corrected chi connectivity index (χ3v) is 6.53. The fraction of sp³-hybridized carbons (Fsp3) is 0.652. The number of hydrogen-bond acceptors (Lipinski definition) is 3. The van der Waals surface area contributed by atoms with Gasteiger partial charge in [-0.1, -0.05) is 12.1 Å². The minimum Gasteiger partial charge on any atom is -0.340 e. The number of likely N-dealkylation sites (tertiary alicyclic amines) is 2. The molecule has 2 fully saturated rings. The van der Waals surface area contributed by atoms with Crippen LogP contribution >= 0.6 is 0 Å². The number of amides is 1. The Morgan fingerprint density at radius 3 is 2.71 bits per heavy atom. The summed E-state index contributed by atoms with van der Waals surface area (Å²) < 4.78 is 2.42. The fourth-order valence-electron chi connectivity index (χ4n) is 5.06. The lowest BCUT2D eigenvalue weighted by molar-refractivity contribution is -0.132. The molecule has 0 N–H and O–H groups in total. The van der Waals surface area contributed by atoms with Gasteiger partial charge in [0.1, 0.15) is 5.82 Å². The van der Waals surface area contributed by atoms with Crippen LogP contribution in [0.2, 0.25) is 0 Å². The Bertz CT molecular complexity index is 827. The van der Waals surface area contributed by atoms with Crippen molar-refractivity contribution in [2.45, 2.75) is 70.9 Å². The van der Waals surface area contributed by atoms with Gasteiger partial charge < -0.3 is 14.4 Å². The number of imidazole rings is 1. The van der Waals surface area contributed by atoms with E-state index in [2.05, 4.69) is 59.4 Å². The number of para-hydroxylation sites is 2. The summed E-state index contributed by atoms with van der Waals surface area (Å²) in [6.45, 7) is 10.6. The zero-order valence-electron chi connectivity index (χ0n) is 17.6. The lowest BCUT2D eigenvalue weighted by Crippen LogP contribution is -2.40. The molecule has 0 saturated carbocycles. The van der Waals surface area contributed by atoms with Crippen molar-refractivity contribution in [3.05, 3.63) is 30.1 Å². The topological polar surface area (TPSA) is 41.4 Å². The first-order valence-electron chi connectivity index (χ1n) is 11.0. The van der Waals surface area contributed by atoms with Crippen LogP contribution in [0.4, 0.5) is 0 Å². The Morgan fingerprint density at radius 1 is 1.18 bits per heavy atom. The second-order valence-electron chi connectivity index (χ2n) is 8.89. The van der Waals surface area contributed by atoms with Crippen LogP contribution < -0.4 is 0 Å². The molecular weight excluding hydrogens is 348 g/mol. The predicted molar refractivity (Wildman–Crippen MR) is 114 cm³/mol. The maximum atomic E-state index is 12.6. The highest BCUT2D eigenvalue weighted by Crippen LogP contribution is 2.31. The lowest BCUT2D eigenvalue weighted by Gasteiger charge is -2.33. The number of rotatable bonds is 5. The van der Waals surface area contributed by atoms with Crippen LogP contribution in [0.15, 0.2) is 24.3 Å². The molecule has 0 aliphatic carbocycles. The molecule has 2 aromatic rings. The molecular formula is C23H34N4O. The maximum Gasteiger partial charge on any atom is 0.224 e. The van der Waals surface area contributed by atoms with Crippen molar-refractivity contribution in [1.82, 2.24) is 19.4 Å². The fourth-order valence-corrected chi connectivity index (χ4v) is 5.06. The first kappa shape index (κ1) is 19.4. The molecule has 0 spiro atoms. The summed E-state index contributed by atoms with van der Waals surface area (Å²) >= 11 is 0. The Morgan fingerprint density at radius 2 is 1.96 bits per heavy atom. The summed E-state index contributed by atoms with van der Waals surface area (Å²) in [4.78, 5) is 22.2. The van der Waals surface area contributed by atoms with E-state index in [0.29, 0.717) is 30.3 Å². The molecule has 5 heteroatoms. The molecule has 28 heavy (non-hydrogen) atoms. The monoisotopic (exact) mass is 382 g/mol.